The summed E-state index contributed by atoms with van der Waals surface area (Å²) in [5.74, 6) is 1.22. The Morgan fingerprint density at radius 1 is 1.15 bits per heavy atom. The van der Waals surface area contributed by atoms with Gasteiger partial charge in [-0.25, -0.2) is 0 Å². The van der Waals surface area contributed by atoms with E-state index in [2.05, 4.69) is 15.5 Å². The topological polar surface area (TPSA) is 74.6 Å². The molecule has 6 nitrogen and oxygen atoms in total. The standard InChI is InChI=1S/C21H25N3O3/c1-14(25)22-17-6-2-4-16(12-17)19-7-8-20(27-19)21(26)23-18-13-24-10-3-5-15(18)9-11-24/h2,4,6-8,12,15,18H,3,5,9-11,13H2,1H3,(H,22,25)(H,23,26). The predicted molar refractivity (Wildman–Crippen MR) is 103 cm³/mol. The zero-order valence-electron chi connectivity index (χ0n) is 15.5. The van der Waals surface area contributed by atoms with Crippen LogP contribution < -0.4 is 10.6 Å². The van der Waals surface area contributed by atoms with Gasteiger partial charge in [0.15, 0.2) is 5.76 Å². The molecule has 2 bridgehead atoms. The van der Waals surface area contributed by atoms with E-state index in [9.17, 15) is 9.59 Å². The van der Waals surface area contributed by atoms with Crippen molar-refractivity contribution in [3.8, 4) is 11.3 Å². The first-order valence-electron chi connectivity index (χ1n) is 9.59. The molecule has 142 valence electrons. The highest BCUT2D eigenvalue weighted by atomic mass is 16.3. The zero-order valence-corrected chi connectivity index (χ0v) is 15.5. The fraction of sp³-hybridized carbons (Fsp3) is 0.429. The van der Waals surface area contributed by atoms with E-state index < -0.39 is 0 Å². The molecule has 3 unspecified atom stereocenters. The predicted octanol–water partition coefficient (Wildman–Crippen LogP) is 3.12. The molecular formula is C21H25N3O3. The van der Waals surface area contributed by atoms with Gasteiger partial charge in [0, 0.05) is 30.8 Å². The van der Waals surface area contributed by atoms with E-state index >= 15 is 0 Å². The third-order valence-electron chi connectivity index (χ3n) is 5.50. The van der Waals surface area contributed by atoms with E-state index in [1.807, 2.05) is 24.3 Å². The molecule has 1 aromatic carbocycles. The highest BCUT2D eigenvalue weighted by Crippen LogP contribution is 2.28. The summed E-state index contributed by atoms with van der Waals surface area (Å²) < 4.78 is 5.81. The Kier molecular flexibility index (Phi) is 4.99. The van der Waals surface area contributed by atoms with Crippen LogP contribution in [0.2, 0.25) is 0 Å². The van der Waals surface area contributed by atoms with Gasteiger partial charge in [-0.2, -0.15) is 0 Å². The molecular weight excluding hydrogens is 342 g/mol. The van der Waals surface area contributed by atoms with Gasteiger partial charge in [0.25, 0.3) is 5.91 Å². The number of nitrogens with one attached hydrogen (secondary N) is 2. The fourth-order valence-corrected chi connectivity index (χ4v) is 4.17. The smallest absolute Gasteiger partial charge is 0.287 e. The lowest BCUT2D eigenvalue weighted by atomic mass is 9.90. The number of furan rings is 1. The molecule has 3 aliphatic heterocycles. The van der Waals surface area contributed by atoms with E-state index in [4.69, 9.17) is 4.42 Å². The minimum absolute atomic E-state index is 0.125. The summed E-state index contributed by atoms with van der Waals surface area (Å²) in [6.45, 7) is 4.69. The molecule has 6 heteroatoms. The SMILES string of the molecule is CC(=O)Nc1cccc(-c2ccc(C(=O)NC3CN4CCCC3CC4)o2)c1. The van der Waals surface area contributed by atoms with Crippen molar-refractivity contribution in [2.24, 2.45) is 5.92 Å². The summed E-state index contributed by atoms with van der Waals surface area (Å²) in [6.07, 6.45) is 3.55. The van der Waals surface area contributed by atoms with Crippen molar-refractivity contribution >= 4 is 17.5 Å². The Morgan fingerprint density at radius 3 is 2.89 bits per heavy atom. The molecule has 2 aromatic rings. The number of fused-ring (bicyclic) bond motifs is 4. The molecule has 2 amide bonds. The van der Waals surface area contributed by atoms with Crippen molar-refractivity contribution in [3.63, 3.8) is 0 Å². The number of carbonyl (C=O) groups is 2. The van der Waals surface area contributed by atoms with Crippen LogP contribution in [-0.4, -0.2) is 42.4 Å². The van der Waals surface area contributed by atoms with Crippen molar-refractivity contribution in [1.29, 1.82) is 0 Å². The first-order chi connectivity index (χ1) is 13.1. The minimum Gasteiger partial charge on any atom is -0.451 e. The number of rotatable bonds is 4. The normalized spacial score (nSPS) is 24.3. The Balaban J connectivity index is 1.46. The fourth-order valence-electron chi connectivity index (χ4n) is 4.17. The number of carbonyl (C=O) groups excluding carboxylic acids is 2. The van der Waals surface area contributed by atoms with E-state index in [0.717, 1.165) is 31.6 Å². The third kappa shape index (κ3) is 4.06. The average molecular weight is 367 g/mol. The summed E-state index contributed by atoms with van der Waals surface area (Å²) in [5, 5.41) is 5.93. The van der Waals surface area contributed by atoms with Crippen LogP contribution in [0.15, 0.2) is 40.8 Å². The molecule has 3 aliphatic rings. The molecule has 3 saturated heterocycles. The van der Waals surface area contributed by atoms with Gasteiger partial charge in [-0.1, -0.05) is 12.1 Å². The highest BCUT2D eigenvalue weighted by Gasteiger charge is 2.33. The Bertz CT molecular complexity index is 841. The summed E-state index contributed by atoms with van der Waals surface area (Å²) in [7, 11) is 0. The summed E-state index contributed by atoms with van der Waals surface area (Å²) in [5.41, 5.74) is 1.52. The molecule has 2 N–H and O–H groups in total. The number of anilines is 1. The molecule has 0 aliphatic carbocycles. The van der Waals surface area contributed by atoms with Gasteiger partial charge in [0.05, 0.1) is 0 Å². The van der Waals surface area contributed by atoms with Crippen molar-refractivity contribution in [3.05, 3.63) is 42.2 Å². The average Bonchev–Trinajstić information content (AvgIpc) is 2.93. The van der Waals surface area contributed by atoms with Crippen LogP contribution in [-0.2, 0) is 4.79 Å². The third-order valence-corrected chi connectivity index (χ3v) is 5.50. The summed E-state index contributed by atoms with van der Waals surface area (Å²) >= 11 is 0. The largest absolute Gasteiger partial charge is 0.451 e. The molecule has 3 atom stereocenters. The second kappa shape index (κ2) is 7.56. The van der Waals surface area contributed by atoms with Gasteiger partial charge in [0.1, 0.15) is 5.76 Å². The van der Waals surface area contributed by atoms with Crippen molar-refractivity contribution in [2.75, 3.05) is 25.0 Å². The molecule has 1 aromatic heterocycles. The lowest BCUT2D eigenvalue weighted by Crippen LogP contribution is -2.50. The van der Waals surface area contributed by atoms with E-state index in [1.54, 1.807) is 12.1 Å². The van der Waals surface area contributed by atoms with Gasteiger partial charge in [0.2, 0.25) is 5.91 Å². The van der Waals surface area contributed by atoms with E-state index in [1.165, 1.54) is 19.8 Å². The number of nitrogens with zero attached hydrogens (tertiary/aromatic N) is 1. The second-order valence-electron chi connectivity index (χ2n) is 7.50. The molecule has 0 radical (unpaired) electrons. The maximum Gasteiger partial charge on any atom is 0.287 e. The number of amides is 2. The first-order valence-corrected chi connectivity index (χ1v) is 9.59. The van der Waals surface area contributed by atoms with Gasteiger partial charge < -0.3 is 20.0 Å². The van der Waals surface area contributed by atoms with Crippen molar-refractivity contribution in [2.45, 2.75) is 32.2 Å². The van der Waals surface area contributed by atoms with Gasteiger partial charge in [-0.3, -0.25) is 9.59 Å². The Hall–Kier alpha value is -2.60. The lowest BCUT2D eigenvalue weighted by molar-refractivity contribution is -0.114. The molecule has 5 rings (SSSR count). The van der Waals surface area contributed by atoms with Crippen LogP contribution in [0.4, 0.5) is 5.69 Å². The first kappa shape index (κ1) is 17.8. The van der Waals surface area contributed by atoms with Gasteiger partial charge in [-0.15, -0.1) is 0 Å². The van der Waals surface area contributed by atoms with Crippen LogP contribution >= 0.6 is 0 Å². The number of piperidine rings is 1. The monoisotopic (exact) mass is 367 g/mol. The summed E-state index contributed by atoms with van der Waals surface area (Å²) in [4.78, 5) is 26.3. The zero-order chi connectivity index (χ0) is 18.8. The quantitative estimate of drug-likeness (QED) is 0.871. The van der Waals surface area contributed by atoms with Crippen LogP contribution in [0.3, 0.4) is 0 Å². The molecule has 3 fully saturated rings. The van der Waals surface area contributed by atoms with Crippen LogP contribution in [0.5, 0.6) is 0 Å². The van der Waals surface area contributed by atoms with Crippen LogP contribution in [0, 0.1) is 5.92 Å². The minimum atomic E-state index is -0.155. The van der Waals surface area contributed by atoms with Crippen molar-refractivity contribution < 1.29 is 14.0 Å². The van der Waals surface area contributed by atoms with Crippen LogP contribution in [0.1, 0.15) is 36.7 Å². The second-order valence-corrected chi connectivity index (χ2v) is 7.50. The maximum absolute atomic E-state index is 12.7. The van der Waals surface area contributed by atoms with Gasteiger partial charge in [-0.05, 0) is 62.5 Å². The number of hydrogen-bond acceptors (Lipinski definition) is 4. The number of benzene rings is 1. The Morgan fingerprint density at radius 2 is 2.04 bits per heavy atom. The van der Waals surface area contributed by atoms with E-state index in [0.29, 0.717) is 23.1 Å². The van der Waals surface area contributed by atoms with Crippen molar-refractivity contribution in [1.82, 2.24) is 10.2 Å². The maximum atomic E-state index is 12.7. The molecule has 0 spiro atoms. The Labute approximate surface area is 158 Å². The van der Waals surface area contributed by atoms with Crippen LogP contribution in [0.25, 0.3) is 11.3 Å². The molecule has 0 saturated carbocycles. The highest BCUT2D eigenvalue weighted by molar-refractivity contribution is 5.92. The molecule has 4 heterocycles. The molecule has 27 heavy (non-hydrogen) atoms. The van der Waals surface area contributed by atoms with E-state index in [-0.39, 0.29) is 17.9 Å². The summed E-state index contributed by atoms with van der Waals surface area (Å²) in [6, 6.07) is 11.1. The van der Waals surface area contributed by atoms with Gasteiger partial charge >= 0.3 is 0 Å². The lowest BCUT2D eigenvalue weighted by Gasteiger charge is -2.34. The number of hydrogen-bond donors (Lipinski definition) is 2.